The molecule has 11 heteroatoms. The maximum Gasteiger partial charge on any atom is 1.00 e. The molecule has 0 bridgehead atoms. The average Bonchev–Trinajstić information content (AvgIpc) is 2.45. The Bertz CT molecular complexity index is 990. The smallest absolute Gasteiger partial charge is 0.744 e. The summed E-state index contributed by atoms with van der Waals surface area (Å²) in [5.74, 6) is -0.590. The number of hydrogen-bond donors (Lipinski definition) is 2. The first-order valence-electron chi connectivity index (χ1n) is 6.50. The number of hydrogen-bond acceptors (Lipinski definition) is 6. The number of sulfonamides is 1. The fourth-order valence-electron chi connectivity index (χ4n) is 1.87. The normalized spacial score (nSPS) is 11.3. The summed E-state index contributed by atoms with van der Waals surface area (Å²) in [6.45, 7) is 0. The van der Waals surface area contributed by atoms with Crippen molar-refractivity contribution in [2.24, 2.45) is 0 Å². The molecule has 25 heavy (non-hydrogen) atoms. The first kappa shape index (κ1) is 21.6. The van der Waals surface area contributed by atoms with E-state index in [1.165, 1.54) is 36.4 Å². The molecule has 0 aromatic heterocycles. The van der Waals surface area contributed by atoms with Gasteiger partial charge in [-0.05, 0) is 36.4 Å². The van der Waals surface area contributed by atoms with Crippen molar-refractivity contribution in [1.82, 2.24) is 0 Å². The predicted molar refractivity (Wildman–Crippen MR) is 87.3 cm³/mol. The molecule has 0 heterocycles. The zero-order valence-electron chi connectivity index (χ0n) is 13.4. The van der Waals surface area contributed by atoms with Crippen LogP contribution in [-0.2, 0) is 20.1 Å². The van der Waals surface area contributed by atoms with Crippen molar-refractivity contribution in [2.45, 2.75) is 4.90 Å². The van der Waals surface area contributed by atoms with E-state index in [9.17, 15) is 26.2 Å². The van der Waals surface area contributed by atoms with Gasteiger partial charge in [0.15, 0.2) is 0 Å². The van der Waals surface area contributed by atoms with Gasteiger partial charge in [0.1, 0.15) is 10.1 Å². The molecule has 2 aromatic carbocycles. The van der Waals surface area contributed by atoms with Gasteiger partial charge >= 0.3 is 29.6 Å². The van der Waals surface area contributed by atoms with Gasteiger partial charge < -0.3 is 9.87 Å². The number of benzene rings is 2. The fourth-order valence-corrected chi connectivity index (χ4v) is 2.94. The van der Waals surface area contributed by atoms with Gasteiger partial charge in [-0.1, -0.05) is 12.1 Å². The minimum Gasteiger partial charge on any atom is -0.744 e. The summed E-state index contributed by atoms with van der Waals surface area (Å²) in [5, 5.41) is 2.44. The second-order valence-corrected chi connectivity index (χ2v) is 8.02. The number of carbonyl (C=O) groups excluding carboxylic acids is 1. The Morgan fingerprint density at radius 3 is 2.16 bits per heavy atom. The van der Waals surface area contributed by atoms with E-state index in [0.29, 0.717) is 0 Å². The second-order valence-electron chi connectivity index (χ2n) is 4.89. The maximum absolute atomic E-state index is 12.2. The van der Waals surface area contributed by atoms with Gasteiger partial charge in [0, 0.05) is 16.9 Å². The van der Waals surface area contributed by atoms with E-state index in [-0.39, 0.29) is 46.5 Å². The molecule has 0 aliphatic heterocycles. The molecule has 0 radical (unpaired) electrons. The Kier molecular flexibility index (Phi) is 7.18. The molecule has 0 spiro atoms. The topological polar surface area (TPSA) is 132 Å². The van der Waals surface area contributed by atoms with Crippen LogP contribution in [0.25, 0.3) is 0 Å². The SMILES string of the molecule is CS(=O)(=O)Nc1cccc(C(=O)Nc2cccc(S(=O)(=O)[O-])c2)c1.[Na+]. The monoisotopic (exact) mass is 392 g/mol. The summed E-state index contributed by atoms with van der Waals surface area (Å²) in [7, 11) is -8.11. The Labute approximate surface area is 167 Å². The quantitative estimate of drug-likeness (QED) is 0.457. The molecule has 0 atom stereocenters. The van der Waals surface area contributed by atoms with Gasteiger partial charge in [-0.3, -0.25) is 9.52 Å². The number of carbonyl (C=O) groups is 1. The summed E-state index contributed by atoms with van der Waals surface area (Å²) in [5.41, 5.74) is 0.485. The van der Waals surface area contributed by atoms with Gasteiger partial charge in [-0.25, -0.2) is 16.8 Å². The average molecular weight is 392 g/mol. The van der Waals surface area contributed by atoms with Crippen molar-refractivity contribution in [3.63, 3.8) is 0 Å². The van der Waals surface area contributed by atoms with E-state index in [4.69, 9.17) is 0 Å². The van der Waals surface area contributed by atoms with Crippen LogP contribution in [0.2, 0.25) is 0 Å². The standard InChI is InChI=1S/C14H14N2O6S2.Na/c1-23(18,19)16-12-6-2-4-10(8-12)14(17)15-11-5-3-7-13(9-11)24(20,21)22;/h2-9,16H,1H3,(H,15,17)(H,20,21,22);/q;+1/p-1. The van der Waals surface area contributed by atoms with E-state index >= 15 is 0 Å². The molecular weight excluding hydrogens is 379 g/mol. The van der Waals surface area contributed by atoms with Crippen LogP contribution in [0.4, 0.5) is 11.4 Å². The third-order valence-corrected chi connectivity index (χ3v) is 4.25. The van der Waals surface area contributed by atoms with Crippen LogP contribution in [0.3, 0.4) is 0 Å². The minimum atomic E-state index is -4.63. The van der Waals surface area contributed by atoms with Crippen molar-refractivity contribution in [3.8, 4) is 0 Å². The molecule has 0 saturated carbocycles. The van der Waals surface area contributed by atoms with Crippen LogP contribution in [0.15, 0.2) is 53.4 Å². The summed E-state index contributed by atoms with van der Waals surface area (Å²) in [4.78, 5) is 11.7. The molecule has 0 fully saturated rings. The molecular formula is C14H13N2NaO6S2. The minimum absolute atomic E-state index is 0. The zero-order valence-corrected chi connectivity index (χ0v) is 17.0. The summed E-state index contributed by atoms with van der Waals surface area (Å²) < 4.78 is 57.6. The van der Waals surface area contributed by atoms with Crippen LogP contribution >= 0.6 is 0 Å². The number of rotatable bonds is 5. The second kappa shape index (κ2) is 8.30. The van der Waals surface area contributed by atoms with E-state index in [2.05, 4.69) is 10.0 Å². The molecule has 0 unspecified atom stereocenters. The number of nitrogens with one attached hydrogen (secondary N) is 2. The van der Waals surface area contributed by atoms with Crippen LogP contribution in [0.1, 0.15) is 10.4 Å². The Morgan fingerprint density at radius 2 is 1.56 bits per heavy atom. The molecule has 8 nitrogen and oxygen atoms in total. The van der Waals surface area contributed by atoms with E-state index in [0.717, 1.165) is 18.4 Å². The zero-order chi connectivity index (χ0) is 18.0. The van der Waals surface area contributed by atoms with Gasteiger partial charge in [0.2, 0.25) is 10.0 Å². The molecule has 2 aromatic rings. The van der Waals surface area contributed by atoms with Crippen LogP contribution in [-0.4, -0.2) is 33.6 Å². The molecule has 128 valence electrons. The summed E-state index contributed by atoms with van der Waals surface area (Å²) in [6.07, 6.45) is 0.981. The van der Waals surface area contributed by atoms with E-state index < -0.39 is 30.9 Å². The van der Waals surface area contributed by atoms with Gasteiger partial charge in [-0.2, -0.15) is 0 Å². The van der Waals surface area contributed by atoms with Crippen molar-refractivity contribution < 1.29 is 55.7 Å². The van der Waals surface area contributed by atoms with Crippen LogP contribution in [0, 0.1) is 0 Å². The Balaban J connectivity index is 0.00000312. The summed E-state index contributed by atoms with van der Waals surface area (Å²) >= 11 is 0. The third kappa shape index (κ3) is 6.77. The molecule has 0 aliphatic carbocycles. The molecule has 0 saturated heterocycles. The van der Waals surface area contributed by atoms with Gasteiger partial charge in [0.25, 0.3) is 5.91 Å². The Hall–Kier alpha value is -1.43. The molecule has 0 aliphatic rings. The van der Waals surface area contributed by atoms with Crippen molar-refractivity contribution in [2.75, 3.05) is 16.3 Å². The third-order valence-electron chi connectivity index (χ3n) is 2.81. The van der Waals surface area contributed by atoms with E-state index in [1.807, 2.05) is 0 Å². The van der Waals surface area contributed by atoms with Crippen LogP contribution < -0.4 is 39.6 Å². The molecule has 2 N–H and O–H groups in total. The first-order chi connectivity index (χ1) is 11.0. The molecule has 1 amide bonds. The first-order valence-corrected chi connectivity index (χ1v) is 9.80. The van der Waals surface area contributed by atoms with Crippen LogP contribution in [0.5, 0.6) is 0 Å². The largest absolute Gasteiger partial charge is 1.00 e. The summed E-state index contributed by atoms with van der Waals surface area (Å²) in [6, 6.07) is 10.6. The van der Waals surface area contributed by atoms with Gasteiger partial charge in [-0.15, -0.1) is 0 Å². The Morgan fingerprint density at radius 1 is 0.960 bits per heavy atom. The predicted octanol–water partition coefficient (Wildman–Crippen LogP) is -1.78. The van der Waals surface area contributed by atoms with E-state index in [1.54, 1.807) is 0 Å². The maximum atomic E-state index is 12.2. The number of anilines is 2. The van der Waals surface area contributed by atoms with Crippen molar-refractivity contribution in [3.05, 3.63) is 54.1 Å². The van der Waals surface area contributed by atoms with Gasteiger partial charge in [0.05, 0.1) is 11.2 Å². The van der Waals surface area contributed by atoms with Crippen molar-refractivity contribution >= 4 is 37.4 Å². The number of amides is 1. The molecule has 2 rings (SSSR count). The van der Waals surface area contributed by atoms with Crippen molar-refractivity contribution in [1.29, 1.82) is 0 Å². The fraction of sp³-hybridized carbons (Fsp3) is 0.0714.